The highest BCUT2D eigenvalue weighted by molar-refractivity contribution is 6.28. The van der Waals surface area contributed by atoms with Crippen LogP contribution in [0.3, 0.4) is 0 Å². The molecule has 1 aromatic heterocycles. The van der Waals surface area contributed by atoms with E-state index in [1.165, 1.54) is 121 Å². The summed E-state index contributed by atoms with van der Waals surface area (Å²) in [6.07, 6.45) is 0. The minimum absolute atomic E-state index is 0.0202. The van der Waals surface area contributed by atoms with E-state index in [9.17, 15) is 0 Å². The van der Waals surface area contributed by atoms with Gasteiger partial charge in [0, 0.05) is 32.7 Å². The number of hydrogen-bond donors (Lipinski definition) is 0. The second-order valence-electron chi connectivity index (χ2n) is 27.9. The molecule has 0 bridgehead atoms. The van der Waals surface area contributed by atoms with E-state index in [4.69, 9.17) is 0 Å². The lowest BCUT2D eigenvalue weighted by Crippen LogP contribution is -2.18. The summed E-state index contributed by atoms with van der Waals surface area (Å²) in [5.41, 5.74) is 20.6. The Kier molecular flexibility index (Phi) is 12.4. The van der Waals surface area contributed by atoms with Crippen molar-refractivity contribution >= 4 is 71.2 Å². The number of para-hydroxylation sites is 2. The van der Waals surface area contributed by atoms with Crippen molar-refractivity contribution in [1.82, 2.24) is 4.57 Å². The van der Waals surface area contributed by atoms with Crippen molar-refractivity contribution in [3.05, 3.63) is 228 Å². The first kappa shape index (κ1) is 52.7. The molecule has 400 valence electrons. The topological polar surface area (TPSA) is 8.17 Å². The molecule has 0 aliphatic carbocycles. The molecule has 12 rings (SSSR count). The van der Waals surface area contributed by atoms with E-state index in [-0.39, 0.29) is 27.1 Å². The van der Waals surface area contributed by atoms with Crippen molar-refractivity contribution in [3.63, 3.8) is 0 Å². The summed E-state index contributed by atoms with van der Waals surface area (Å²) >= 11 is 0. The van der Waals surface area contributed by atoms with E-state index in [2.05, 4.69) is 314 Å². The summed E-state index contributed by atoms with van der Waals surface area (Å²) in [4.78, 5) is 2.64. The first-order valence-electron chi connectivity index (χ1n) is 29.0. The minimum Gasteiger partial charge on any atom is -0.309 e. The SMILES string of the molecule is CC(C)(C)c1ccc(-c2ccc(C(C)(C)C)cc2N(c2ccc(C(C)(C)C)cc2-c2ccc(C(C)(C)C)c(-c3ccc(C(C)(C)C)cc3)c2)c2ccc3ccc4c(-n5c6ccccc6c6ccccc65)ccc5ccc2c3c54)cc1. The summed E-state index contributed by atoms with van der Waals surface area (Å²) < 4.78 is 2.49. The molecule has 0 N–H and O–H groups in total. The number of hydrogen-bond acceptors (Lipinski definition) is 1. The fourth-order valence-electron chi connectivity index (χ4n) is 12.5. The van der Waals surface area contributed by atoms with Crippen molar-refractivity contribution in [3.8, 4) is 39.1 Å². The Labute approximate surface area is 476 Å². The Hall–Kier alpha value is -7.94. The van der Waals surface area contributed by atoms with Gasteiger partial charge >= 0.3 is 0 Å². The summed E-state index contributed by atoms with van der Waals surface area (Å²) in [6.45, 7) is 34.9. The van der Waals surface area contributed by atoms with Gasteiger partial charge in [-0.15, -0.1) is 0 Å². The van der Waals surface area contributed by atoms with Crippen molar-refractivity contribution < 1.29 is 0 Å². The molecule has 0 saturated heterocycles. The second-order valence-corrected chi connectivity index (χ2v) is 27.9. The van der Waals surface area contributed by atoms with Crippen LogP contribution in [0.2, 0.25) is 0 Å². The first-order valence-corrected chi connectivity index (χ1v) is 29.0. The van der Waals surface area contributed by atoms with Gasteiger partial charge in [0.2, 0.25) is 0 Å². The maximum atomic E-state index is 2.64. The number of anilines is 3. The van der Waals surface area contributed by atoms with Crippen molar-refractivity contribution in [2.24, 2.45) is 0 Å². The van der Waals surface area contributed by atoms with Crippen molar-refractivity contribution in [1.29, 1.82) is 0 Å². The van der Waals surface area contributed by atoms with Crippen LogP contribution in [0.4, 0.5) is 17.1 Å². The van der Waals surface area contributed by atoms with Gasteiger partial charge in [0.25, 0.3) is 0 Å². The maximum absolute atomic E-state index is 2.64. The highest BCUT2D eigenvalue weighted by atomic mass is 15.1. The van der Waals surface area contributed by atoms with Crippen molar-refractivity contribution in [2.75, 3.05) is 4.90 Å². The standard InChI is InChI=1S/C78H78N2/c1-74(2,3)54-33-24-49(25-34-54)58-41-37-57(77(10,11)12)48-71(58)80(70-45-38-56(76(7,8)9)47-64(70)53-30-42-65(78(13,14)15)63(46-53)50-26-35-55(36-27-50)75(4,5)6)69-44-32-52-28-39-61-68(43-31-51-29-40-62(69)73(52)72(51)61)79-66-22-18-16-20-59(66)60-21-17-19-23-67(60)79/h16-48H,1-15H3. The molecule has 12 aromatic rings. The van der Waals surface area contributed by atoms with E-state index in [1.54, 1.807) is 0 Å². The number of benzene rings is 11. The lowest BCUT2D eigenvalue weighted by molar-refractivity contribution is 0.589. The van der Waals surface area contributed by atoms with E-state index in [1.807, 2.05) is 0 Å². The van der Waals surface area contributed by atoms with Gasteiger partial charge in [-0.05, 0) is 147 Å². The van der Waals surface area contributed by atoms with Crippen LogP contribution >= 0.6 is 0 Å². The zero-order valence-corrected chi connectivity index (χ0v) is 49.9. The lowest BCUT2D eigenvalue weighted by atomic mass is 9.79. The summed E-state index contributed by atoms with van der Waals surface area (Å²) in [5, 5.41) is 10.00. The van der Waals surface area contributed by atoms with Gasteiger partial charge in [-0.3, -0.25) is 0 Å². The largest absolute Gasteiger partial charge is 0.309 e. The molecule has 80 heavy (non-hydrogen) atoms. The summed E-state index contributed by atoms with van der Waals surface area (Å²) in [6, 6.07) is 77.3. The van der Waals surface area contributed by atoms with Crippen LogP contribution in [0.5, 0.6) is 0 Å². The molecule has 2 nitrogen and oxygen atoms in total. The van der Waals surface area contributed by atoms with Crippen LogP contribution in [0.15, 0.2) is 200 Å². The van der Waals surface area contributed by atoms with E-state index in [0.717, 1.165) is 17.1 Å². The lowest BCUT2D eigenvalue weighted by Gasteiger charge is -2.34. The van der Waals surface area contributed by atoms with Gasteiger partial charge < -0.3 is 9.47 Å². The second kappa shape index (κ2) is 18.8. The predicted octanol–water partition coefficient (Wildman–Crippen LogP) is 22.6. The van der Waals surface area contributed by atoms with Gasteiger partial charge in [0.05, 0.1) is 33.8 Å². The zero-order chi connectivity index (χ0) is 56.4. The van der Waals surface area contributed by atoms with Gasteiger partial charge in [0.1, 0.15) is 0 Å². The molecule has 1 heterocycles. The molecule has 0 unspecified atom stereocenters. The van der Waals surface area contributed by atoms with Crippen LogP contribution in [-0.4, -0.2) is 4.57 Å². The molecule has 0 aliphatic rings. The van der Waals surface area contributed by atoms with Crippen molar-refractivity contribution in [2.45, 2.75) is 131 Å². The molecule has 2 heteroatoms. The van der Waals surface area contributed by atoms with Crippen LogP contribution in [0, 0.1) is 0 Å². The number of fused-ring (bicyclic) bond motifs is 3. The van der Waals surface area contributed by atoms with Crippen LogP contribution in [0.1, 0.15) is 132 Å². The molecular formula is C78H78N2. The highest BCUT2D eigenvalue weighted by Crippen LogP contribution is 2.52. The third kappa shape index (κ3) is 9.15. The molecular weight excluding hydrogens is 965 g/mol. The maximum Gasteiger partial charge on any atom is 0.0543 e. The molecule has 0 radical (unpaired) electrons. The third-order valence-electron chi connectivity index (χ3n) is 17.2. The Bertz CT molecular complexity index is 4280. The normalized spacial score (nSPS) is 12.9. The first-order chi connectivity index (χ1) is 37.8. The highest BCUT2D eigenvalue weighted by Gasteiger charge is 2.30. The minimum atomic E-state index is -0.125. The monoisotopic (exact) mass is 1040 g/mol. The van der Waals surface area contributed by atoms with Gasteiger partial charge in [-0.1, -0.05) is 256 Å². The quantitative estimate of drug-likeness (QED) is 0.144. The predicted molar refractivity (Wildman–Crippen MR) is 349 cm³/mol. The molecule has 0 amide bonds. The van der Waals surface area contributed by atoms with Gasteiger partial charge in [-0.2, -0.15) is 0 Å². The third-order valence-corrected chi connectivity index (χ3v) is 17.2. The smallest absolute Gasteiger partial charge is 0.0543 e. The molecule has 0 atom stereocenters. The fraction of sp³-hybridized carbons (Fsp3) is 0.256. The van der Waals surface area contributed by atoms with Crippen LogP contribution < -0.4 is 4.90 Å². The van der Waals surface area contributed by atoms with Crippen LogP contribution in [0.25, 0.3) is 93.2 Å². The molecule has 0 aliphatic heterocycles. The average Bonchev–Trinajstić information content (AvgIpc) is 3.82. The molecule has 0 spiro atoms. The Morgan fingerprint density at radius 2 is 0.738 bits per heavy atom. The number of aromatic nitrogens is 1. The Morgan fingerprint density at radius 3 is 1.30 bits per heavy atom. The van der Waals surface area contributed by atoms with E-state index >= 15 is 0 Å². The Morgan fingerprint density at radius 1 is 0.287 bits per heavy atom. The molecule has 0 fully saturated rings. The summed E-state index contributed by atoms with van der Waals surface area (Å²) in [7, 11) is 0. The molecule has 11 aromatic carbocycles. The zero-order valence-electron chi connectivity index (χ0n) is 49.9. The average molecular weight is 1040 g/mol. The van der Waals surface area contributed by atoms with Gasteiger partial charge in [0.15, 0.2) is 0 Å². The summed E-state index contributed by atoms with van der Waals surface area (Å²) in [5.74, 6) is 0. The number of rotatable bonds is 7. The van der Waals surface area contributed by atoms with E-state index < -0.39 is 0 Å². The van der Waals surface area contributed by atoms with E-state index in [0.29, 0.717) is 0 Å². The van der Waals surface area contributed by atoms with Gasteiger partial charge in [-0.25, -0.2) is 0 Å². The fourth-order valence-corrected chi connectivity index (χ4v) is 12.5. The molecule has 0 saturated carbocycles. The Balaban J connectivity index is 1.19. The van der Waals surface area contributed by atoms with Crippen LogP contribution in [-0.2, 0) is 27.1 Å². The number of nitrogens with zero attached hydrogens (tertiary/aromatic N) is 2.